The van der Waals surface area contributed by atoms with Crippen LogP contribution in [0.25, 0.3) is 0 Å². The molecule has 0 saturated heterocycles. The molecule has 1 aromatic carbocycles. The van der Waals surface area contributed by atoms with Gasteiger partial charge in [0, 0.05) is 17.2 Å². The molecule has 2 aromatic rings. The van der Waals surface area contributed by atoms with Crippen LogP contribution in [0.3, 0.4) is 0 Å². The second-order valence-corrected chi connectivity index (χ2v) is 5.25. The number of carbonyl (C=O) groups is 1. The predicted octanol–water partition coefficient (Wildman–Crippen LogP) is 2.88. The number of carbonyl (C=O) groups excluding carboxylic acids is 1. The Morgan fingerprint density at radius 1 is 1.25 bits per heavy atom. The van der Waals surface area contributed by atoms with Crippen molar-refractivity contribution in [3.05, 3.63) is 58.3 Å². The fourth-order valence-corrected chi connectivity index (χ4v) is 2.14. The highest BCUT2D eigenvalue weighted by Crippen LogP contribution is 2.20. The summed E-state index contributed by atoms with van der Waals surface area (Å²) >= 11 is 3.39. The normalized spacial score (nSPS) is 10.3. The van der Waals surface area contributed by atoms with E-state index in [1.54, 1.807) is 6.20 Å². The lowest BCUT2D eigenvalue weighted by atomic mass is 10.2. The molecule has 2 N–H and O–H groups in total. The number of rotatable bonds is 5. The van der Waals surface area contributed by atoms with Crippen molar-refractivity contribution < 1.29 is 4.79 Å². The van der Waals surface area contributed by atoms with Crippen LogP contribution in [0, 0.1) is 6.92 Å². The monoisotopic (exact) mass is 333 g/mol. The molecule has 0 fully saturated rings. The highest BCUT2D eigenvalue weighted by atomic mass is 79.9. The number of aromatic nitrogens is 1. The highest BCUT2D eigenvalue weighted by molar-refractivity contribution is 9.10. The van der Waals surface area contributed by atoms with E-state index in [4.69, 9.17) is 0 Å². The van der Waals surface area contributed by atoms with E-state index in [0.717, 1.165) is 21.4 Å². The number of aryl methyl sites for hydroxylation is 1. The lowest BCUT2D eigenvalue weighted by Gasteiger charge is -2.09. The van der Waals surface area contributed by atoms with Crippen LogP contribution in [-0.2, 0) is 11.3 Å². The molecule has 2 rings (SSSR count). The molecule has 0 unspecified atom stereocenters. The van der Waals surface area contributed by atoms with Gasteiger partial charge in [0.25, 0.3) is 0 Å². The second kappa shape index (κ2) is 7.17. The maximum Gasteiger partial charge on any atom is 0.238 e. The number of para-hydroxylation sites is 1. The molecule has 20 heavy (non-hydrogen) atoms. The third-order valence-corrected chi connectivity index (χ3v) is 3.54. The van der Waals surface area contributed by atoms with Crippen LogP contribution in [-0.4, -0.2) is 17.4 Å². The van der Waals surface area contributed by atoms with Gasteiger partial charge in [-0.25, -0.2) is 0 Å². The minimum atomic E-state index is -0.0783. The summed E-state index contributed by atoms with van der Waals surface area (Å²) in [4.78, 5) is 16.1. The zero-order valence-electron chi connectivity index (χ0n) is 11.2. The number of amides is 1. The molecule has 0 spiro atoms. The van der Waals surface area contributed by atoms with Crippen molar-refractivity contribution in [1.82, 2.24) is 10.3 Å². The molecule has 0 atom stereocenters. The first kappa shape index (κ1) is 14.7. The van der Waals surface area contributed by atoms with Gasteiger partial charge in [-0.1, -0.05) is 18.2 Å². The van der Waals surface area contributed by atoms with Crippen LogP contribution in [0.1, 0.15) is 11.3 Å². The van der Waals surface area contributed by atoms with Crippen molar-refractivity contribution in [2.75, 3.05) is 11.9 Å². The first-order valence-electron chi connectivity index (χ1n) is 6.32. The Hall–Kier alpha value is -1.72. The SMILES string of the molecule is Cc1cccnc1CNCC(=O)Nc1ccccc1Br. The fraction of sp³-hybridized carbons (Fsp3) is 0.200. The van der Waals surface area contributed by atoms with Crippen LogP contribution in [0.2, 0.25) is 0 Å². The van der Waals surface area contributed by atoms with Gasteiger partial charge in [-0.15, -0.1) is 0 Å². The molecule has 0 aliphatic carbocycles. The van der Waals surface area contributed by atoms with E-state index in [2.05, 4.69) is 31.5 Å². The Bertz CT molecular complexity index is 601. The summed E-state index contributed by atoms with van der Waals surface area (Å²) < 4.78 is 0.869. The minimum Gasteiger partial charge on any atom is -0.324 e. The Morgan fingerprint density at radius 3 is 2.80 bits per heavy atom. The number of hydrogen-bond donors (Lipinski definition) is 2. The first-order valence-corrected chi connectivity index (χ1v) is 7.11. The van der Waals surface area contributed by atoms with Crippen molar-refractivity contribution in [2.24, 2.45) is 0 Å². The van der Waals surface area contributed by atoms with Crippen LogP contribution in [0.4, 0.5) is 5.69 Å². The number of anilines is 1. The first-order chi connectivity index (χ1) is 9.66. The van der Waals surface area contributed by atoms with Gasteiger partial charge in [-0.2, -0.15) is 0 Å². The van der Waals surface area contributed by atoms with E-state index in [1.807, 2.05) is 43.3 Å². The van der Waals surface area contributed by atoms with E-state index in [9.17, 15) is 4.79 Å². The van der Waals surface area contributed by atoms with Gasteiger partial charge in [0.05, 0.1) is 17.9 Å². The lowest BCUT2D eigenvalue weighted by molar-refractivity contribution is -0.115. The summed E-state index contributed by atoms with van der Waals surface area (Å²) in [7, 11) is 0. The van der Waals surface area contributed by atoms with Crippen LogP contribution in [0.5, 0.6) is 0 Å². The van der Waals surface area contributed by atoms with E-state index < -0.39 is 0 Å². The van der Waals surface area contributed by atoms with Gasteiger partial charge in [0.15, 0.2) is 0 Å². The molecule has 1 amide bonds. The molecule has 0 aliphatic rings. The number of nitrogens with one attached hydrogen (secondary N) is 2. The Balaban J connectivity index is 1.82. The minimum absolute atomic E-state index is 0.0783. The summed E-state index contributed by atoms with van der Waals surface area (Å²) in [6.45, 7) is 2.83. The van der Waals surface area contributed by atoms with Crippen molar-refractivity contribution in [1.29, 1.82) is 0 Å². The quantitative estimate of drug-likeness (QED) is 0.884. The van der Waals surface area contributed by atoms with Gasteiger partial charge in [0.2, 0.25) is 5.91 Å². The Kier molecular flexibility index (Phi) is 5.26. The standard InChI is InChI=1S/C15H16BrN3O/c1-11-5-4-8-18-14(11)9-17-10-15(20)19-13-7-3-2-6-12(13)16/h2-8,17H,9-10H2,1H3,(H,19,20). The van der Waals surface area contributed by atoms with Crippen molar-refractivity contribution in [3.8, 4) is 0 Å². The van der Waals surface area contributed by atoms with Gasteiger partial charge in [0.1, 0.15) is 0 Å². The highest BCUT2D eigenvalue weighted by Gasteiger charge is 2.05. The average Bonchev–Trinajstić information content (AvgIpc) is 2.43. The summed E-state index contributed by atoms with van der Waals surface area (Å²) in [5.41, 5.74) is 2.85. The zero-order chi connectivity index (χ0) is 14.4. The van der Waals surface area contributed by atoms with Gasteiger partial charge < -0.3 is 10.6 Å². The van der Waals surface area contributed by atoms with Crippen molar-refractivity contribution in [3.63, 3.8) is 0 Å². The summed E-state index contributed by atoms with van der Waals surface area (Å²) in [6, 6.07) is 11.4. The molecule has 5 heteroatoms. The molecule has 0 aliphatic heterocycles. The molecule has 0 radical (unpaired) electrons. The summed E-state index contributed by atoms with van der Waals surface area (Å²) in [5.74, 6) is -0.0783. The average molecular weight is 334 g/mol. The molecule has 4 nitrogen and oxygen atoms in total. The predicted molar refractivity (Wildman–Crippen MR) is 83.5 cm³/mol. The fourth-order valence-electron chi connectivity index (χ4n) is 1.75. The van der Waals surface area contributed by atoms with Crippen LogP contribution < -0.4 is 10.6 Å². The van der Waals surface area contributed by atoms with E-state index in [-0.39, 0.29) is 12.5 Å². The molecule has 104 valence electrons. The largest absolute Gasteiger partial charge is 0.324 e. The third-order valence-electron chi connectivity index (χ3n) is 2.84. The van der Waals surface area contributed by atoms with Crippen molar-refractivity contribution >= 4 is 27.5 Å². The molecule has 0 bridgehead atoms. The maximum absolute atomic E-state index is 11.8. The van der Waals surface area contributed by atoms with Gasteiger partial charge in [-0.3, -0.25) is 9.78 Å². The smallest absolute Gasteiger partial charge is 0.238 e. The lowest BCUT2D eigenvalue weighted by Crippen LogP contribution is -2.28. The molecule has 1 aromatic heterocycles. The number of pyridine rings is 1. The number of benzene rings is 1. The van der Waals surface area contributed by atoms with E-state index >= 15 is 0 Å². The van der Waals surface area contributed by atoms with Crippen LogP contribution in [0.15, 0.2) is 47.1 Å². The van der Waals surface area contributed by atoms with E-state index in [1.165, 1.54) is 0 Å². The van der Waals surface area contributed by atoms with Crippen molar-refractivity contribution in [2.45, 2.75) is 13.5 Å². The molecule has 0 saturated carbocycles. The molecule has 1 heterocycles. The van der Waals surface area contributed by atoms with E-state index in [0.29, 0.717) is 6.54 Å². The van der Waals surface area contributed by atoms with Gasteiger partial charge in [-0.05, 0) is 46.6 Å². The van der Waals surface area contributed by atoms with Crippen LogP contribution >= 0.6 is 15.9 Å². The second-order valence-electron chi connectivity index (χ2n) is 4.40. The topological polar surface area (TPSA) is 54.0 Å². The third kappa shape index (κ3) is 4.15. The summed E-state index contributed by atoms with van der Waals surface area (Å²) in [5, 5.41) is 5.93. The summed E-state index contributed by atoms with van der Waals surface area (Å²) in [6.07, 6.45) is 1.76. The number of halogens is 1. The number of nitrogens with zero attached hydrogens (tertiary/aromatic N) is 1. The molecular formula is C15H16BrN3O. The van der Waals surface area contributed by atoms with Gasteiger partial charge >= 0.3 is 0 Å². The number of hydrogen-bond acceptors (Lipinski definition) is 3. The maximum atomic E-state index is 11.8. The Morgan fingerprint density at radius 2 is 2.05 bits per heavy atom. The zero-order valence-corrected chi connectivity index (χ0v) is 12.8. The molecular weight excluding hydrogens is 318 g/mol. The Labute approximate surface area is 126 Å².